The molecule has 2 N–H and O–H groups in total. The molecule has 1 saturated carbocycles. The summed E-state index contributed by atoms with van der Waals surface area (Å²) in [6.45, 7) is 0. The molecule has 1 aromatic rings. The Kier molecular flexibility index (Phi) is 2.67. The average molecular weight is 256 g/mol. The number of hydrogen-bond donors (Lipinski definition) is 2. The van der Waals surface area contributed by atoms with Crippen LogP contribution in [0.3, 0.4) is 0 Å². The van der Waals surface area contributed by atoms with Crippen molar-refractivity contribution in [3.63, 3.8) is 0 Å². The van der Waals surface area contributed by atoms with E-state index in [1.54, 1.807) is 18.5 Å². The zero-order chi connectivity index (χ0) is 9.97. The van der Waals surface area contributed by atoms with Crippen molar-refractivity contribution >= 4 is 27.6 Å². The van der Waals surface area contributed by atoms with E-state index in [-0.39, 0.29) is 6.03 Å². The molecule has 0 unspecified atom stereocenters. The molecule has 0 aromatic carbocycles. The highest BCUT2D eigenvalue weighted by Crippen LogP contribution is 2.19. The highest BCUT2D eigenvalue weighted by atomic mass is 79.9. The van der Waals surface area contributed by atoms with E-state index < -0.39 is 0 Å². The number of pyridine rings is 1. The van der Waals surface area contributed by atoms with Crippen LogP contribution >= 0.6 is 15.9 Å². The molecule has 2 rings (SSSR count). The molecule has 5 heteroatoms. The van der Waals surface area contributed by atoms with E-state index in [1.165, 1.54) is 0 Å². The standard InChI is InChI=1S/C9H10BrN3O/c10-6-3-8(5-11-4-6)13-9(14)12-7-1-2-7/h3-5,7H,1-2H2,(H2,12,13,14). The molecule has 2 amide bonds. The molecule has 14 heavy (non-hydrogen) atoms. The van der Waals surface area contributed by atoms with Gasteiger partial charge in [0.25, 0.3) is 0 Å². The molecule has 1 aliphatic rings. The summed E-state index contributed by atoms with van der Waals surface area (Å²) in [5.74, 6) is 0. The van der Waals surface area contributed by atoms with Crippen LogP contribution in [0.1, 0.15) is 12.8 Å². The van der Waals surface area contributed by atoms with Crippen LogP contribution in [0, 0.1) is 0 Å². The lowest BCUT2D eigenvalue weighted by atomic mass is 10.4. The average Bonchev–Trinajstić information content (AvgIpc) is 2.87. The van der Waals surface area contributed by atoms with Gasteiger partial charge in [0.2, 0.25) is 0 Å². The molecule has 0 atom stereocenters. The number of amides is 2. The van der Waals surface area contributed by atoms with Gasteiger partial charge in [-0.2, -0.15) is 0 Å². The number of nitrogens with zero attached hydrogens (tertiary/aromatic N) is 1. The molecule has 74 valence electrons. The fraction of sp³-hybridized carbons (Fsp3) is 0.333. The molecule has 1 heterocycles. The number of urea groups is 1. The molecule has 1 aliphatic carbocycles. The van der Waals surface area contributed by atoms with Gasteiger partial charge in [-0.15, -0.1) is 0 Å². The predicted octanol–water partition coefficient (Wildman–Crippen LogP) is 2.13. The Morgan fingerprint density at radius 3 is 2.93 bits per heavy atom. The van der Waals surface area contributed by atoms with E-state index >= 15 is 0 Å². The smallest absolute Gasteiger partial charge is 0.319 e. The molecule has 1 fully saturated rings. The number of halogens is 1. The van der Waals surface area contributed by atoms with Gasteiger partial charge in [-0.1, -0.05) is 0 Å². The third kappa shape index (κ3) is 2.70. The van der Waals surface area contributed by atoms with Crippen LogP contribution < -0.4 is 10.6 Å². The maximum atomic E-state index is 11.3. The first-order chi connectivity index (χ1) is 6.74. The zero-order valence-corrected chi connectivity index (χ0v) is 9.04. The van der Waals surface area contributed by atoms with E-state index in [2.05, 4.69) is 31.5 Å². The van der Waals surface area contributed by atoms with Gasteiger partial charge < -0.3 is 10.6 Å². The van der Waals surface area contributed by atoms with Gasteiger partial charge in [0.05, 0.1) is 11.9 Å². The molecule has 0 radical (unpaired) electrons. The van der Waals surface area contributed by atoms with E-state index in [0.29, 0.717) is 11.7 Å². The summed E-state index contributed by atoms with van der Waals surface area (Å²) in [6.07, 6.45) is 5.45. The first kappa shape index (κ1) is 9.45. The molecule has 0 spiro atoms. The van der Waals surface area contributed by atoms with Gasteiger partial charge >= 0.3 is 6.03 Å². The van der Waals surface area contributed by atoms with Crippen molar-refractivity contribution in [3.8, 4) is 0 Å². The molecule has 0 saturated heterocycles. The highest BCUT2D eigenvalue weighted by molar-refractivity contribution is 9.10. The van der Waals surface area contributed by atoms with Crippen molar-refractivity contribution in [1.82, 2.24) is 10.3 Å². The minimum absolute atomic E-state index is 0.160. The third-order valence-corrected chi connectivity index (χ3v) is 2.31. The molecule has 4 nitrogen and oxygen atoms in total. The maximum absolute atomic E-state index is 11.3. The van der Waals surface area contributed by atoms with Crippen molar-refractivity contribution in [2.45, 2.75) is 18.9 Å². The van der Waals surface area contributed by atoms with E-state index in [0.717, 1.165) is 17.3 Å². The first-order valence-corrected chi connectivity index (χ1v) is 5.21. The van der Waals surface area contributed by atoms with Crippen LogP contribution in [0.4, 0.5) is 10.5 Å². The number of aromatic nitrogens is 1. The lowest BCUT2D eigenvalue weighted by Gasteiger charge is -2.05. The molecule has 0 aliphatic heterocycles. The quantitative estimate of drug-likeness (QED) is 0.851. The summed E-state index contributed by atoms with van der Waals surface area (Å²) in [5.41, 5.74) is 0.692. The van der Waals surface area contributed by atoms with Gasteiger partial charge in [-0.3, -0.25) is 4.98 Å². The second kappa shape index (κ2) is 3.96. The summed E-state index contributed by atoms with van der Waals surface area (Å²) in [6, 6.07) is 2.02. The van der Waals surface area contributed by atoms with E-state index in [9.17, 15) is 4.79 Å². The Bertz CT molecular complexity index is 352. The molecule has 0 bridgehead atoms. The minimum atomic E-state index is -0.160. The van der Waals surface area contributed by atoms with Gasteiger partial charge in [0.15, 0.2) is 0 Å². The number of anilines is 1. The van der Waals surface area contributed by atoms with Crippen LogP contribution in [-0.4, -0.2) is 17.1 Å². The van der Waals surface area contributed by atoms with Crippen molar-refractivity contribution in [2.75, 3.05) is 5.32 Å². The Morgan fingerprint density at radius 1 is 1.50 bits per heavy atom. The van der Waals surface area contributed by atoms with Crippen molar-refractivity contribution < 1.29 is 4.79 Å². The third-order valence-electron chi connectivity index (χ3n) is 1.88. The van der Waals surface area contributed by atoms with Gasteiger partial charge in [0, 0.05) is 16.7 Å². The topological polar surface area (TPSA) is 54.0 Å². The summed E-state index contributed by atoms with van der Waals surface area (Å²) in [4.78, 5) is 15.3. The zero-order valence-electron chi connectivity index (χ0n) is 7.46. The molecular weight excluding hydrogens is 246 g/mol. The Labute approximate surface area is 90.2 Å². The monoisotopic (exact) mass is 255 g/mol. The fourth-order valence-corrected chi connectivity index (χ4v) is 1.43. The number of nitrogens with one attached hydrogen (secondary N) is 2. The number of carbonyl (C=O) groups excluding carboxylic acids is 1. The van der Waals surface area contributed by atoms with Crippen LogP contribution in [0.5, 0.6) is 0 Å². The van der Waals surface area contributed by atoms with Crippen LogP contribution in [0.2, 0.25) is 0 Å². The number of rotatable bonds is 2. The van der Waals surface area contributed by atoms with Gasteiger partial charge in [-0.25, -0.2) is 4.79 Å². The second-order valence-corrected chi connectivity index (χ2v) is 4.18. The SMILES string of the molecule is O=C(Nc1cncc(Br)c1)NC1CC1. The van der Waals surface area contributed by atoms with Gasteiger partial charge in [-0.05, 0) is 34.8 Å². The summed E-state index contributed by atoms with van der Waals surface area (Å²) in [5, 5.41) is 5.54. The highest BCUT2D eigenvalue weighted by Gasteiger charge is 2.23. The Balaban J connectivity index is 1.92. The summed E-state index contributed by atoms with van der Waals surface area (Å²) in [7, 11) is 0. The van der Waals surface area contributed by atoms with Crippen molar-refractivity contribution in [3.05, 3.63) is 22.9 Å². The van der Waals surface area contributed by atoms with Crippen molar-refractivity contribution in [1.29, 1.82) is 0 Å². The Morgan fingerprint density at radius 2 is 2.29 bits per heavy atom. The van der Waals surface area contributed by atoms with Crippen LogP contribution in [0.15, 0.2) is 22.9 Å². The Hall–Kier alpha value is -1.10. The summed E-state index contributed by atoms with van der Waals surface area (Å²) >= 11 is 3.28. The normalized spacial score (nSPS) is 14.9. The lowest BCUT2D eigenvalue weighted by molar-refractivity contribution is 0.251. The number of carbonyl (C=O) groups is 1. The van der Waals surface area contributed by atoms with E-state index in [4.69, 9.17) is 0 Å². The fourth-order valence-electron chi connectivity index (χ4n) is 1.06. The lowest BCUT2D eigenvalue weighted by Crippen LogP contribution is -2.30. The molecular formula is C9H10BrN3O. The number of hydrogen-bond acceptors (Lipinski definition) is 2. The first-order valence-electron chi connectivity index (χ1n) is 4.42. The second-order valence-electron chi connectivity index (χ2n) is 3.26. The van der Waals surface area contributed by atoms with Crippen LogP contribution in [-0.2, 0) is 0 Å². The van der Waals surface area contributed by atoms with E-state index in [1.807, 2.05) is 0 Å². The van der Waals surface area contributed by atoms with Gasteiger partial charge in [0.1, 0.15) is 0 Å². The largest absolute Gasteiger partial charge is 0.335 e. The minimum Gasteiger partial charge on any atom is -0.335 e. The van der Waals surface area contributed by atoms with Crippen LogP contribution in [0.25, 0.3) is 0 Å². The summed E-state index contributed by atoms with van der Waals surface area (Å²) < 4.78 is 0.849. The van der Waals surface area contributed by atoms with Crippen molar-refractivity contribution in [2.24, 2.45) is 0 Å². The maximum Gasteiger partial charge on any atom is 0.319 e. The predicted molar refractivity (Wildman–Crippen MR) is 57.1 cm³/mol. The molecule has 1 aromatic heterocycles.